The van der Waals surface area contributed by atoms with Crippen LogP contribution in [0.15, 0.2) is 23.2 Å². The van der Waals surface area contributed by atoms with Crippen molar-refractivity contribution in [3.05, 3.63) is 28.9 Å². The van der Waals surface area contributed by atoms with E-state index in [0.29, 0.717) is 28.1 Å². The number of rotatable bonds is 5. The predicted octanol–water partition coefficient (Wildman–Crippen LogP) is 0.887. The molecule has 0 bridgehead atoms. The molecular weight excluding hydrogens is 376 g/mol. The Morgan fingerprint density at radius 3 is 2.81 bits per heavy atom. The highest BCUT2D eigenvalue weighted by atomic mass is 32.2. The number of carboxylic acid groups (broad SMARTS) is 1. The van der Waals surface area contributed by atoms with Crippen LogP contribution in [-0.4, -0.2) is 49.9 Å². The van der Waals surface area contributed by atoms with Crippen LogP contribution >= 0.6 is 23.1 Å². The first-order valence-electron chi connectivity index (χ1n) is 8.08. The smallest absolute Gasteiger partial charge is 0.352 e. The summed E-state index contributed by atoms with van der Waals surface area (Å²) in [5, 5.41) is 13.7. The van der Waals surface area contributed by atoms with Gasteiger partial charge in [0, 0.05) is 11.1 Å². The molecular formula is C16H16N4O4S2. The Morgan fingerprint density at radius 1 is 1.42 bits per heavy atom. The second kappa shape index (κ2) is 6.44. The van der Waals surface area contributed by atoms with E-state index in [0.717, 1.165) is 12.8 Å². The maximum Gasteiger partial charge on any atom is 0.352 e. The number of thioether (sulfide) groups is 1. The van der Waals surface area contributed by atoms with Crippen LogP contribution in [0.3, 0.4) is 0 Å². The third-order valence-corrected chi connectivity index (χ3v) is 6.28. The number of nitrogens with two attached hydrogens (primary N) is 1. The van der Waals surface area contributed by atoms with Crippen LogP contribution in [0.4, 0.5) is 5.13 Å². The van der Waals surface area contributed by atoms with Gasteiger partial charge in [0.25, 0.3) is 11.8 Å². The number of carbonyl (C=O) groups excluding carboxylic acids is 2. The number of carbonyl (C=O) groups is 3. The molecule has 4 rings (SSSR count). The fourth-order valence-corrected chi connectivity index (χ4v) is 4.70. The molecule has 2 aliphatic heterocycles. The number of fused-ring (bicyclic) bond motifs is 1. The average Bonchev–Trinajstić information content (AvgIpc) is 3.35. The number of nitrogens with zero attached hydrogens (tertiary/aromatic N) is 2. The third kappa shape index (κ3) is 2.99. The summed E-state index contributed by atoms with van der Waals surface area (Å²) in [5.41, 5.74) is 6.58. The van der Waals surface area contributed by atoms with E-state index in [-0.39, 0.29) is 11.6 Å². The molecule has 2 unspecified atom stereocenters. The summed E-state index contributed by atoms with van der Waals surface area (Å²) < 4.78 is 0. The number of carboxylic acids is 1. The molecule has 1 saturated heterocycles. The molecule has 2 amide bonds. The lowest BCUT2D eigenvalue weighted by Crippen LogP contribution is -2.70. The van der Waals surface area contributed by atoms with Crippen molar-refractivity contribution >= 4 is 51.6 Å². The Hall–Kier alpha value is -2.33. The van der Waals surface area contributed by atoms with E-state index in [1.54, 1.807) is 5.38 Å². The molecule has 136 valence electrons. The number of nitrogens with one attached hydrogen (secondary N) is 1. The third-order valence-electron chi connectivity index (χ3n) is 4.42. The Bertz CT molecular complexity index is 858. The summed E-state index contributed by atoms with van der Waals surface area (Å²) in [6, 6.07) is -0.742. The molecule has 0 radical (unpaired) electrons. The number of amides is 2. The van der Waals surface area contributed by atoms with E-state index in [9.17, 15) is 19.5 Å². The zero-order chi connectivity index (χ0) is 18.4. The Kier molecular flexibility index (Phi) is 4.23. The van der Waals surface area contributed by atoms with Crippen LogP contribution in [-0.2, 0) is 14.4 Å². The summed E-state index contributed by atoms with van der Waals surface area (Å²) in [4.78, 5) is 41.8. The van der Waals surface area contributed by atoms with Gasteiger partial charge in [0.05, 0.1) is 11.3 Å². The highest BCUT2D eigenvalue weighted by Gasteiger charge is 2.52. The van der Waals surface area contributed by atoms with E-state index in [1.165, 1.54) is 34.1 Å². The van der Waals surface area contributed by atoms with Gasteiger partial charge in [0.1, 0.15) is 17.1 Å². The lowest BCUT2D eigenvalue weighted by molar-refractivity contribution is -0.150. The highest BCUT2D eigenvalue weighted by molar-refractivity contribution is 8.00. The van der Waals surface area contributed by atoms with E-state index >= 15 is 0 Å². The fourth-order valence-electron chi connectivity index (χ4n) is 2.94. The van der Waals surface area contributed by atoms with Crippen LogP contribution < -0.4 is 11.1 Å². The maximum atomic E-state index is 12.8. The molecule has 1 aromatic heterocycles. The average molecular weight is 392 g/mol. The van der Waals surface area contributed by atoms with E-state index in [1.807, 2.05) is 6.08 Å². The van der Waals surface area contributed by atoms with Gasteiger partial charge in [-0.1, -0.05) is 6.08 Å². The lowest BCUT2D eigenvalue weighted by Gasteiger charge is -2.48. The molecule has 3 heterocycles. The zero-order valence-electron chi connectivity index (χ0n) is 13.5. The van der Waals surface area contributed by atoms with Crippen molar-refractivity contribution in [3.63, 3.8) is 0 Å². The molecule has 4 N–H and O–H groups in total. The van der Waals surface area contributed by atoms with Gasteiger partial charge in [-0.2, -0.15) is 0 Å². The van der Waals surface area contributed by atoms with Gasteiger partial charge in [-0.05, 0) is 24.8 Å². The molecule has 10 heteroatoms. The minimum Gasteiger partial charge on any atom is -0.477 e. The first kappa shape index (κ1) is 17.1. The minimum atomic E-state index is -1.14. The van der Waals surface area contributed by atoms with Gasteiger partial charge in [-0.25, -0.2) is 9.78 Å². The Morgan fingerprint density at radius 2 is 2.19 bits per heavy atom. The van der Waals surface area contributed by atoms with Gasteiger partial charge >= 0.3 is 5.97 Å². The standard InChI is InChI=1S/C16H16N4O4S2/c17-16-18-9(6-26-16)8(5-7-1-2-7)12(21)19-11-13(22)20-10(15(23)24)3-4-25-14(11)20/h3,5-7,11,14H,1-2,4H2,(H2,17,18)(H,19,21)(H,23,24)/b8-5-. The molecule has 3 aliphatic rings. The maximum absolute atomic E-state index is 12.8. The summed E-state index contributed by atoms with van der Waals surface area (Å²) in [5.74, 6) is -1.10. The van der Waals surface area contributed by atoms with E-state index in [4.69, 9.17) is 5.73 Å². The lowest BCUT2D eigenvalue weighted by atomic mass is 10.0. The topological polar surface area (TPSA) is 126 Å². The first-order valence-corrected chi connectivity index (χ1v) is 10.0. The number of aromatic nitrogens is 1. The van der Waals surface area contributed by atoms with Gasteiger partial charge in [0.15, 0.2) is 5.13 Å². The number of hydrogen-bond acceptors (Lipinski definition) is 7. The van der Waals surface area contributed by atoms with Crippen molar-refractivity contribution in [2.45, 2.75) is 24.3 Å². The summed E-state index contributed by atoms with van der Waals surface area (Å²) in [7, 11) is 0. The van der Waals surface area contributed by atoms with E-state index < -0.39 is 23.3 Å². The number of thiazole rings is 1. The zero-order valence-corrected chi connectivity index (χ0v) is 15.2. The predicted molar refractivity (Wildman–Crippen MR) is 98.0 cm³/mol. The molecule has 0 spiro atoms. The molecule has 1 aromatic rings. The largest absolute Gasteiger partial charge is 0.477 e. The fraction of sp³-hybridized carbons (Fsp3) is 0.375. The van der Waals surface area contributed by atoms with Crippen LogP contribution in [0, 0.1) is 5.92 Å². The molecule has 26 heavy (non-hydrogen) atoms. The SMILES string of the molecule is Nc1nc(/C(=C/C2CC2)C(=O)NC2C(=O)N3C(C(=O)O)=CCSC23)cs1. The van der Waals surface area contributed by atoms with Crippen LogP contribution in [0.1, 0.15) is 18.5 Å². The number of β-lactam (4-membered cyclic amide) rings is 1. The molecule has 8 nitrogen and oxygen atoms in total. The Labute approximate surface area is 157 Å². The van der Waals surface area contributed by atoms with Crippen molar-refractivity contribution in [2.75, 3.05) is 11.5 Å². The van der Waals surface area contributed by atoms with Crippen LogP contribution in [0.25, 0.3) is 5.57 Å². The van der Waals surface area contributed by atoms with Crippen molar-refractivity contribution in [1.29, 1.82) is 0 Å². The number of anilines is 1. The van der Waals surface area contributed by atoms with Crippen LogP contribution in [0.5, 0.6) is 0 Å². The van der Waals surface area contributed by atoms with Crippen LogP contribution in [0.2, 0.25) is 0 Å². The van der Waals surface area contributed by atoms with Crippen molar-refractivity contribution in [3.8, 4) is 0 Å². The van der Waals surface area contributed by atoms with Gasteiger partial charge in [-0.3, -0.25) is 14.5 Å². The minimum absolute atomic E-state index is 0.0229. The van der Waals surface area contributed by atoms with Gasteiger partial charge < -0.3 is 16.2 Å². The quantitative estimate of drug-likeness (QED) is 0.502. The van der Waals surface area contributed by atoms with Gasteiger partial charge in [0.2, 0.25) is 0 Å². The molecule has 1 aliphatic carbocycles. The second-order valence-electron chi connectivity index (χ2n) is 6.27. The molecule has 0 aromatic carbocycles. The second-order valence-corrected chi connectivity index (χ2v) is 8.31. The monoisotopic (exact) mass is 392 g/mol. The number of nitrogen functional groups attached to an aromatic ring is 1. The molecule has 1 saturated carbocycles. The van der Waals surface area contributed by atoms with Crippen molar-refractivity contribution < 1.29 is 19.5 Å². The van der Waals surface area contributed by atoms with Crippen molar-refractivity contribution in [1.82, 2.24) is 15.2 Å². The highest BCUT2D eigenvalue weighted by Crippen LogP contribution is 2.38. The van der Waals surface area contributed by atoms with E-state index in [2.05, 4.69) is 10.3 Å². The summed E-state index contributed by atoms with van der Waals surface area (Å²) in [6.07, 6.45) is 5.44. The normalized spacial score (nSPS) is 25.2. The van der Waals surface area contributed by atoms with Crippen molar-refractivity contribution in [2.24, 2.45) is 5.92 Å². The Balaban J connectivity index is 1.52. The molecule has 2 atom stereocenters. The first-order chi connectivity index (χ1) is 12.5. The summed E-state index contributed by atoms with van der Waals surface area (Å²) >= 11 is 2.68. The number of allylic oxidation sites excluding steroid dienone is 1. The number of aliphatic carboxylic acids is 1. The summed E-state index contributed by atoms with van der Waals surface area (Å²) in [6.45, 7) is 0. The molecule has 2 fully saturated rings. The number of hydrogen-bond donors (Lipinski definition) is 3. The van der Waals surface area contributed by atoms with Gasteiger partial charge in [-0.15, -0.1) is 23.1 Å².